The van der Waals surface area contributed by atoms with Crippen LogP contribution in [0.25, 0.3) is 0 Å². The van der Waals surface area contributed by atoms with Crippen LogP contribution in [0.5, 0.6) is 0 Å². The highest BCUT2D eigenvalue weighted by Crippen LogP contribution is 2.00. The van der Waals surface area contributed by atoms with Crippen molar-refractivity contribution in [1.82, 2.24) is 0 Å². The first-order valence-electron chi connectivity index (χ1n) is 5.69. The van der Waals surface area contributed by atoms with Crippen molar-refractivity contribution in [2.45, 2.75) is 52.1 Å². The molecule has 2 N–H and O–H groups in total. The molecule has 0 aromatic heterocycles. The van der Waals surface area contributed by atoms with Crippen LogP contribution in [0.2, 0.25) is 0 Å². The summed E-state index contributed by atoms with van der Waals surface area (Å²) >= 11 is 0. The molecule has 6 nitrogen and oxygen atoms in total. The van der Waals surface area contributed by atoms with E-state index in [4.69, 9.17) is 9.47 Å². The Balaban J connectivity index is 4.28. The Morgan fingerprint density at radius 2 is 1.11 bits per heavy atom. The van der Waals surface area contributed by atoms with E-state index in [9.17, 15) is 19.8 Å². The molecule has 18 heavy (non-hydrogen) atoms. The van der Waals surface area contributed by atoms with Gasteiger partial charge in [0.05, 0.1) is 12.2 Å². The Hall–Kier alpha value is -1.40. The number of aliphatic hydroxyl groups excluding tert-OH is 2. The summed E-state index contributed by atoms with van der Waals surface area (Å²) in [7, 11) is 0. The minimum absolute atomic E-state index is 0.351. The molecule has 6 heteroatoms. The van der Waals surface area contributed by atoms with Gasteiger partial charge in [0.2, 0.25) is 0 Å². The Kier molecular flexibility index (Phi) is 7.23. The van der Waals surface area contributed by atoms with E-state index in [1.54, 1.807) is 27.7 Å². The van der Waals surface area contributed by atoms with Gasteiger partial charge in [-0.2, -0.15) is 0 Å². The second kappa shape index (κ2) is 7.84. The molecule has 2 unspecified atom stereocenters. The van der Waals surface area contributed by atoms with Crippen molar-refractivity contribution in [1.29, 1.82) is 0 Å². The van der Waals surface area contributed by atoms with Crippen LogP contribution >= 0.6 is 0 Å². The van der Waals surface area contributed by atoms with Gasteiger partial charge < -0.3 is 19.7 Å². The molecule has 2 atom stereocenters. The highest BCUT2D eigenvalue weighted by atomic mass is 16.6. The fraction of sp³-hybridized carbons (Fsp3) is 0.667. The molecule has 0 aliphatic heterocycles. The molecule has 0 saturated carbocycles. The third-order valence-electron chi connectivity index (χ3n) is 1.66. The van der Waals surface area contributed by atoms with Gasteiger partial charge in [0.15, 0.2) is 12.2 Å². The first-order chi connectivity index (χ1) is 8.23. The lowest BCUT2D eigenvalue weighted by molar-refractivity contribution is -0.156. The van der Waals surface area contributed by atoms with Gasteiger partial charge in [0.1, 0.15) is 0 Å². The molecule has 0 aromatic rings. The minimum atomic E-state index is -1.52. The van der Waals surface area contributed by atoms with Crippen LogP contribution in [0.1, 0.15) is 27.7 Å². The topological polar surface area (TPSA) is 93.1 Å². The number of carbonyl (C=O) groups excluding carboxylic acids is 2. The molecule has 0 fully saturated rings. The van der Waals surface area contributed by atoms with Crippen LogP contribution in [0, 0.1) is 0 Å². The maximum absolute atomic E-state index is 11.2. The van der Waals surface area contributed by atoms with Gasteiger partial charge in [-0.3, -0.25) is 0 Å². The number of aliphatic hydroxyl groups is 2. The molecule has 0 heterocycles. The number of hydrogen-bond donors (Lipinski definition) is 2. The second-order valence-corrected chi connectivity index (χ2v) is 4.25. The molecule has 0 amide bonds. The van der Waals surface area contributed by atoms with Crippen LogP contribution in [-0.2, 0) is 19.1 Å². The largest absolute Gasteiger partial charge is 0.461 e. The van der Waals surface area contributed by atoms with Crippen LogP contribution in [-0.4, -0.2) is 46.6 Å². The van der Waals surface area contributed by atoms with Crippen LogP contribution in [0.3, 0.4) is 0 Å². The van der Waals surface area contributed by atoms with Gasteiger partial charge in [0, 0.05) is 0 Å². The molecule has 0 rings (SSSR count). The summed E-state index contributed by atoms with van der Waals surface area (Å²) < 4.78 is 9.46. The first kappa shape index (κ1) is 16.6. The third-order valence-corrected chi connectivity index (χ3v) is 1.66. The van der Waals surface area contributed by atoms with E-state index >= 15 is 0 Å². The lowest BCUT2D eigenvalue weighted by Crippen LogP contribution is -2.26. The maximum atomic E-state index is 11.2. The van der Waals surface area contributed by atoms with E-state index in [1.807, 2.05) is 0 Å². The predicted octanol–water partition coefficient (Wildman–Crippen LogP) is 0.168. The summed E-state index contributed by atoms with van der Waals surface area (Å²) in [5.74, 6) is -1.68. The second-order valence-electron chi connectivity index (χ2n) is 4.25. The number of ether oxygens (including phenoxy) is 2. The maximum Gasteiger partial charge on any atom is 0.339 e. The van der Waals surface area contributed by atoms with Gasteiger partial charge in [-0.25, -0.2) is 9.59 Å². The summed E-state index contributed by atoms with van der Waals surface area (Å²) in [6, 6.07) is 0. The van der Waals surface area contributed by atoms with Crippen molar-refractivity contribution in [2.24, 2.45) is 0 Å². The van der Waals surface area contributed by atoms with E-state index in [2.05, 4.69) is 0 Å². The molecule has 0 aliphatic rings. The number of rotatable bonds is 6. The SMILES string of the molecule is CC(C)OC(=O)C(O)C=CC(O)C(=O)OC(C)C. The van der Waals surface area contributed by atoms with Crippen molar-refractivity contribution in [3.63, 3.8) is 0 Å². The molecule has 0 saturated heterocycles. The van der Waals surface area contributed by atoms with Crippen LogP contribution in [0.4, 0.5) is 0 Å². The predicted molar refractivity (Wildman–Crippen MR) is 63.6 cm³/mol. The fourth-order valence-electron chi connectivity index (χ4n) is 0.972. The quantitative estimate of drug-likeness (QED) is 0.522. The van der Waals surface area contributed by atoms with Crippen LogP contribution < -0.4 is 0 Å². The highest BCUT2D eigenvalue weighted by Gasteiger charge is 2.18. The molecule has 0 spiro atoms. The van der Waals surface area contributed by atoms with E-state index in [0.717, 1.165) is 12.2 Å². The summed E-state index contributed by atoms with van der Waals surface area (Å²) in [5.41, 5.74) is 0. The normalized spacial score (nSPS) is 14.9. The van der Waals surface area contributed by atoms with Crippen molar-refractivity contribution < 1.29 is 29.3 Å². The van der Waals surface area contributed by atoms with Gasteiger partial charge in [-0.15, -0.1) is 0 Å². The van der Waals surface area contributed by atoms with Crippen molar-refractivity contribution in [2.75, 3.05) is 0 Å². The summed E-state index contributed by atoms with van der Waals surface area (Å²) in [5, 5.41) is 18.7. The van der Waals surface area contributed by atoms with E-state index in [-0.39, 0.29) is 12.2 Å². The molecule has 0 aliphatic carbocycles. The minimum Gasteiger partial charge on any atom is -0.461 e. The Morgan fingerprint density at radius 3 is 1.33 bits per heavy atom. The Labute approximate surface area is 106 Å². The van der Waals surface area contributed by atoms with Crippen molar-refractivity contribution in [3.8, 4) is 0 Å². The fourth-order valence-corrected chi connectivity index (χ4v) is 0.972. The average molecular weight is 260 g/mol. The average Bonchev–Trinajstić information content (AvgIpc) is 2.23. The molecule has 0 aromatic carbocycles. The molecule has 104 valence electrons. The van der Waals surface area contributed by atoms with E-state index in [1.165, 1.54) is 0 Å². The Bertz CT molecular complexity index is 278. The zero-order chi connectivity index (χ0) is 14.3. The number of carbonyl (C=O) groups is 2. The molecular formula is C12H20O6. The molecular weight excluding hydrogens is 240 g/mol. The van der Waals surface area contributed by atoms with Gasteiger partial charge >= 0.3 is 11.9 Å². The summed E-state index contributed by atoms with van der Waals surface area (Å²) in [6.07, 6.45) is -1.77. The van der Waals surface area contributed by atoms with Gasteiger partial charge in [-0.05, 0) is 39.8 Å². The standard InChI is InChI=1S/C12H20O6/c1-7(2)17-11(15)9(13)5-6-10(14)12(16)18-8(3)4/h5-10,13-14H,1-4H3. The third kappa shape index (κ3) is 7.03. The van der Waals surface area contributed by atoms with Crippen molar-refractivity contribution in [3.05, 3.63) is 12.2 Å². The van der Waals surface area contributed by atoms with Gasteiger partial charge in [0.25, 0.3) is 0 Å². The Morgan fingerprint density at radius 1 is 0.833 bits per heavy atom. The lowest BCUT2D eigenvalue weighted by Gasteiger charge is -2.12. The smallest absolute Gasteiger partial charge is 0.339 e. The molecule has 0 radical (unpaired) electrons. The van der Waals surface area contributed by atoms with Crippen LogP contribution in [0.15, 0.2) is 12.2 Å². The zero-order valence-electron chi connectivity index (χ0n) is 11.0. The summed E-state index contributed by atoms with van der Waals surface area (Å²) in [4.78, 5) is 22.4. The lowest BCUT2D eigenvalue weighted by atomic mass is 10.2. The van der Waals surface area contributed by atoms with Gasteiger partial charge in [-0.1, -0.05) is 0 Å². The highest BCUT2D eigenvalue weighted by molar-refractivity contribution is 5.79. The summed E-state index contributed by atoms with van der Waals surface area (Å²) in [6.45, 7) is 6.57. The first-order valence-corrected chi connectivity index (χ1v) is 5.69. The molecule has 0 bridgehead atoms. The van der Waals surface area contributed by atoms with Crippen molar-refractivity contribution >= 4 is 11.9 Å². The van der Waals surface area contributed by atoms with E-state index < -0.39 is 24.1 Å². The van der Waals surface area contributed by atoms with E-state index in [0.29, 0.717) is 0 Å². The number of hydrogen-bond acceptors (Lipinski definition) is 6. The zero-order valence-corrected chi connectivity index (χ0v) is 11.0. The number of esters is 2. The monoisotopic (exact) mass is 260 g/mol.